The Morgan fingerprint density at radius 3 is 2.52 bits per heavy atom. The minimum Gasteiger partial charge on any atom is -0.303 e. The highest BCUT2D eigenvalue weighted by molar-refractivity contribution is 5.28. The number of rotatable bonds is 4. The molecule has 3 fully saturated rings. The van der Waals surface area contributed by atoms with Gasteiger partial charge in [-0.15, -0.1) is 5.10 Å². The monoisotopic (exact) mass is 336 g/mol. The summed E-state index contributed by atoms with van der Waals surface area (Å²) in [6, 6.07) is 3.67. The number of aromatic nitrogens is 6. The first kappa shape index (κ1) is 14.3. The van der Waals surface area contributed by atoms with Gasteiger partial charge in [0.25, 0.3) is 0 Å². The fourth-order valence-corrected chi connectivity index (χ4v) is 3.90. The zero-order valence-corrected chi connectivity index (χ0v) is 13.4. The fraction of sp³-hybridized carbons (Fsp3) is 0.353. The van der Waals surface area contributed by atoms with E-state index in [-0.39, 0.29) is 12.1 Å². The van der Waals surface area contributed by atoms with E-state index in [1.54, 1.807) is 40.2 Å². The molecule has 6 rings (SSSR count). The Balaban J connectivity index is 1.42. The predicted molar refractivity (Wildman–Crippen MR) is 88.5 cm³/mol. The summed E-state index contributed by atoms with van der Waals surface area (Å²) in [5.74, 6) is 0.752. The molecule has 0 saturated heterocycles. The van der Waals surface area contributed by atoms with Crippen molar-refractivity contribution in [3.8, 4) is 5.69 Å². The lowest BCUT2D eigenvalue weighted by atomic mass is 9.49. The van der Waals surface area contributed by atoms with E-state index in [4.69, 9.17) is 0 Å². The van der Waals surface area contributed by atoms with E-state index in [2.05, 4.69) is 15.3 Å². The average Bonchev–Trinajstić information content (AvgIpc) is 3.07. The second-order valence-electron chi connectivity index (χ2n) is 6.96. The van der Waals surface area contributed by atoms with Crippen molar-refractivity contribution in [2.75, 3.05) is 0 Å². The molecule has 8 heteroatoms. The van der Waals surface area contributed by atoms with Crippen LogP contribution in [0.3, 0.4) is 0 Å². The average molecular weight is 336 g/mol. The minimum atomic E-state index is -0.491. The van der Waals surface area contributed by atoms with Gasteiger partial charge in [0, 0.05) is 17.9 Å². The smallest absolute Gasteiger partial charge is 0.303 e. The van der Waals surface area contributed by atoms with Gasteiger partial charge in [-0.2, -0.15) is 0 Å². The highest BCUT2D eigenvalue weighted by atomic mass is 16.2. The number of pyridine rings is 1. The first-order chi connectivity index (χ1) is 12.1. The van der Waals surface area contributed by atoms with Crippen LogP contribution in [-0.4, -0.2) is 29.1 Å². The summed E-state index contributed by atoms with van der Waals surface area (Å²) in [7, 11) is 0. The van der Waals surface area contributed by atoms with Gasteiger partial charge in [-0.1, -0.05) is 5.21 Å². The molecule has 8 nitrogen and oxygen atoms in total. The number of hydrogen-bond acceptors (Lipinski definition) is 5. The molecule has 2 bridgehead atoms. The van der Waals surface area contributed by atoms with Crippen molar-refractivity contribution in [1.29, 1.82) is 0 Å². The molecule has 0 aliphatic heterocycles. The SMILES string of the molecule is O=c1c(=O)n(C23CC(C2)C3)ccn1Cc1ccc(-n2ccnn2)cn1. The van der Waals surface area contributed by atoms with Crippen molar-refractivity contribution in [1.82, 2.24) is 29.1 Å². The Kier molecular flexibility index (Phi) is 2.85. The topological polar surface area (TPSA) is 87.6 Å². The molecule has 0 aromatic carbocycles. The van der Waals surface area contributed by atoms with Gasteiger partial charge in [0.15, 0.2) is 0 Å². The maximum Gasteiger partial charge on any atom is 0.316 e. The molecule has 126 valence electrons. The van der Waals surface area contributed by atoms with Crippen LogP contribution in [0.1, 0.15) is 25.0 Å². The van der Waals surface area contributed by atoms with Gasteiger partial charge < -0.3 is 9.13 Å². The summed E-state index contributed by atoms with van der Waals surface area (Å²) in [6.07, 6.45) is 11.5. The van der Waals surface area contributed by atoms with Crippen molar-refractivity contribution in [3.05, 3.63) is 69.5 Å². The highest BCUT2D eigenvalue weighted by Gasteiger charge is 2.58. The van der Waals surface area contributed by atoms with Gasteiger partial charge in [0.1, 0.15) is 0 Å². The third-order valence-electron chi connectivity index (χ3n) is 5.40. The van der Waals surface area contributed by atoms with E-state index < -0.39 is 11.1 Å². The van der Waals surface area contributed by atoms with Crippen LogP contribution in [0.15, 0.2) is 52.7 Å². The van der Waals surface area contributed by atoms with Crippen LogP contribution in [0.25, 0.3) is 5.69 Å². The van der Waals surface area contributed by atoms with Gasteiger partial charge in [-0.05, 0) is 37.3 Å². The zero-order chi connectivity index (χ0) is 17.0. The molecule has 3 aliphatic rings. The summed E-state index contributed by atoms with van der Waals surface area (Å²) < 4.78 is 4.67. The van der Waals surface area contributed by atoms with E-state index in [0.29, 0.717) is 5.69 Å². The lowest BCUT2D eigenvalue weighted by Gasteiger charge is -2.62. The molecule has 3 aromatic heterocycles. The second-order valence-corrected chi connectivity index (χ2v) is 6.96. The van der Waals surface area contributed by atoms with Crippen LogP contribution in [0.2, 0.25) is 0 Å². The van der Waals surface area contributed by atoms with Crippen LogP contribution in [0.5, 0.6) is 0 Å². The molecule has 0 spiro atoms. The van der Waals surface area contributed by atoms with Crippen LogP contribution >= 0.6 is 0 Å². The van der Waals surface area contributed by atoms with Crippen molar-refractivity contribution >= 4 is 0 Å². The van der Waals surface area contributed by atoms with Gasteiger partial charge >= 0.3 is 11.1 Å². The van der Waals surface area contributed by atoms with E-state index in [9.17, 15) is 9.59 Å². The maximum atomic E-state index is 12.4. The Hall–Kier alpha value is -3.03. The van der Waals surface area contributed by atoms with Crippen LogP contribution in [0, 0.1) is 5.92 Å². The third kappa shape index (κ3) is 2.10. The van der Waals surface area contributed by atoms with Gasteiger partial charge in [0.2, 0.25) is 0 Å². The summed E-state index contributed by atoms with van der Waals surface area (Å²) in [5.41, 5.74) is 0.494. The molecule has 25 heavy (non-hydrogen) atoms. The molecule has 0 N–H and O–H groups in total. The van der Waals surface area contributed by atoms with E-state index in [1.807, 2.05) is 12.1 Å². The van der Waals surface area contributed by atoms with E-state index >= 15 is 0 Å². The Bertz CT molecular complexity index is 1030. The molecular weight excluding hydrogens is 320 g/mol. The second kappa shape index (κ2) is 4.98. The fourth-order valence-electron chi connectivity index (χ4n) is 3.90. The highest BCUT2D eigenvalue weighted by Crippen LogP contribution is 2.61. The third-order valence-corrected chi connectivity index (χ3v) is 5.40. The van der Waals surface area contributed by atoms with Gasteiger partial charge in [-0.3, -0.25) is 14.6 Å². The molecule has 3 aliphatic carbocycles. The van der Waals surface area contributed by atoms with Crippen LogP contribution in [-0.2, 0) is 12.1 Å². The minimum absolute atomic E-state index is 0.0717. The first-order valence-electron chi connectivity index (χ1n) is 8.29. The van der Waals surface area contributed by atoms with Gasteiger partial charge in [-0.25, -0.2) is 4.68 Å². The largest absolute Gasteiger partial charge is 0.316 e. The maximum absolute atomic E-state index is 12.4. The summed E-state index contributed by atoms with van der Waals surface area (Å²) in [6.45, 7) is 0.266. The van der Waals surface area contributed by atoms with Gasteiger partial charge in [0.05, 0.1) is 36.5 Å². The molecule has 0 unspecified atom stereocenters. The normalized spacial score (nSPS) is 23.8. The molecule has 0 amide bonds. The summed E-state index contributed by atoms with van der Waals surface area (Å²) in [5, 5.41) is 7.66. The van der Waals surface area contributed by atoms with Crippen molar-refractivity contribution in [2.45, 2.75) is 31.3 Å². The standard InChI is InChI=1S/C17H16N6O2/c24-15-16(25)22(17-7-12(8-17)9-17)6-5-21(15)11-13-1-2-14(10-18-13)23-4-3-19-20-23/h1-6,10,12H,7-9,11H2. The van der Waals surface area contributed by atoms with Crippen LogP contribution < -0.4 is 11.1 Å². The lowest BCUT2D eigenvalue weighted by molar-refractivity contribution is -0.0919. The quantitative estimate of drug-likeness (QED) is 0.649. The Morgan fingerprint density at radius 1 is 1.08 bits per heavy atom. The lowest BCUT2D eigenvalue weighted by Crippen LogP contribution is -2.64. The number of hydrogen-bond donors (Lipinski definition) is 0. The summed E-state index contributed by atoms with van der Waals surface area (Å²) in [4.78, 5) is 29.2. The molecule has 3 heterocycles. The Morgan fingerprint density at radius 2 is 1.92 bits per heavy atom. The van der Waals surface area contributed by atoms with Crippen molar-refractivity contribution in [3.63, 3.8) is 0 Å². The van der Waals surface area contributed by atoms with Crippen molar-refractivity contribution < 1.29 is 0 Å². The van der Waals surface area contributed by atoms with Crippen LogP contribution in [0.4, 0.5) is 0 Å². The first-order valence-corrected chi connectivity index (χ1v) is 8.29. The molecule has 3 saturated carbocycles. The van der Waals surface area contributed by atoms with E-state index in [1.165, 1.54) is 4.57 Å². The Labute approximate surface area is 142 Å². The summed E-state index contributed by atoms with van der Waals surface area (Å²) >= 11 is 0. The zero-order valence-electron chi connectivity index (χ0n) is 13.4. The number of nitrogens with zero attached hydrogens (tertiary/aromatic N) is 6. The van der Waals surface area contributed by atoms with E-state index in [0.717, 1.165) is 30.9 Å². The predicted octanol–water partition coefficient (Wildman–Crippen LogP) is 0.543. The molecule has 0 atom stereocenters. The molecule has 3 aromatic rings. The van der Waals surface area contributed by atoms with Crippen molar-refractivity contribution in [2.24, 2.45) is 5.92 Å². The molecule has 0 radical (unpaired) electrons. The molecular formula is C17H16N6O2.